The predicted octanol–water partition coefficient (Wildman–Crippen LogP) is 6.19. The molecule has 36 heavy (non-hydrogen) atoms. The smallest absolute Gasteiger partial charge is 0.333 e. The number of hydrogen-bond acceptors (Lipinski definition) is 5. The first-order chi connectivity index (χ1) is 17.5. The molecule has 6 heteroatoms. The molecule has 186 valence electrons. The lowest BCUT2D eigenvalue weighted by atomic mass is 9.94. The number of fused-ring (bicyclic) bond motifs is 1. The van der Waals surface area contributed by atoms with Gasteiger partial charge in [0, 0.05) is 30.4 Å². The Balaban J connectivity index is 1.60. The van der Waals surface area contributed by atoms with E-state index in [4.69, 9.17) is 13.9 Å². The molecule has 0 amide bonds. The minimum Gasteiger partial charge on any atom is -0.492 e. The minimum atomic E-state index is -0.968. The van der Waals surface area contributed by atoms with E-state index < -0.39 is 12.1 Å². The zero-order valence-electron chi connectivity index (χ0n) is 20.7. The van der Waals surface area contributed by atoms with Gasteiger partial charge < -0.3 is 19.0 Å². The molecule has 1 atom stereocenters. The average Bonchev–Trinajstić information content (AvgIpc) is 3.26. The van der Waals surface area contributed by atoms with E-state index in [0.29, 0.717) is 31.9 Å². The largest absolute Gasteiger partial charge is 0.492 e. The molecule has 0 bridgehead atoms. The second-order valence-electron chi connectivity index (χ2n) is 8.54. The molecule has 0 aliphatic heterocycles. The van der Waals surface area contributed by atoms with Gasteiger partial charge in [-0.25, -0.2) is 9.78 Å². The maximum atomic E-state index is 11.7. The maximum Gasteiger partial charge on any atom is 0.333 e. The lowest BCUT2D eigenvalue weighted by Gasteiger charge is -2.19. The van der Waals surface area contributed by atoms with Crippen molar-refractivity contribution in [1.82, 2.24) is 4.98 Å². The van der Waals surface area contributed by atoms with Crippen LogP contribution >= 0.6 is 0 Å². The SMILES string of the molecule is C=CCc1cc(CC(OCC)C(=O)O)c2ccccc2c1OCCc1nc(-c2ccccc2)oc1C. The number of ether oxygens (including phenoxy) is 2. The molecule has 0 radical (unpaired) electrons. The summed E-state index contributed by atoms with van der Waals surface area (Å²) in [6, 6.07) is 19.8. The third-order valence-corrected chi connectivity index (χ3v) is 6.07. The molecule has 0 fully saturated rings. The van der Waals surface area contributed by atoms with Gasteiger partial charge in [0.1, 0.15) is 11.5 Å². The van der Waals surface area contributed by atoms with E-state index in [1.807, 2.05) is 73.7 Å². The molecule has 0 spiro atoms. The lowest BCUT2D eigenvalue weighted by Crippen LogP contribution is -2.26. The quantitative estimate of drug-likeness (QED) is 0.241. The van der Waals surface area contributed by atoms with Gasteiger partial charge in [-0.3, -0.25) is 0 Å². The standard InChI is InChI=1S/C30H31NO5/c1-4-11-22-18-23(19-27(30(32)33)34-5-2)24-14-9-10-15-25(24)28(22)35-17-16-26-20(3)36-29(31-26)21-12-7-6-8-13-21/h4,6-10,12-15,18,27H,1,5,11,16-17,19H2,2-3H3,(H,32,33). The van der Waals surface area contributed by atoms with Crippen molar-refractivity contribution < 1.29 is 23.8 Å². The molecule has 0 saturated carbocycles. The molecule has 1 N–H and O–H groups in total. The van der Waals surface area contributed by atoms with Crippen LogP contribution in [0.25, 0.3) is 22.2 Å². The van der Waals surface area contributed by atoms with Gasteiger partial charge in [0.05, 0.1) is 12.3 Å². The molecule has 3 aromatic carbocycles. The van der Waals surface area contributed by atoms with E-state index in [2.05, 4.69) is 11.6 Å². The van der Waals surface area contributed by atoms with Crippen LogP contribution in [-0.2, 0) is 28.8 Å². The maximum absolute atomic E-state index is 11.7. The van der Waals surface area contributed by atoms with Gasteiger partial charge in [-0.1, -0.05) is 54.6 Å². The number of carboxylic acids is 1. The van der Waals surface area contributed by atoms with E-state index in [1.54, 1.807) is 6.92 Å². The summed E-state index contributed by atoms with van der Waals surface area (Å²) in [5.74, 6) is 1.19. The number of carbonyl (C=O) groups is 1. The van der Waals surface area contributed by atoms with Crippen LogP contribution < -0.4 is 4.74 Å². The molecule has 4 rings (SSSR count). The van der Waals surface area contributed by atoms with Gasteiger partial charge in [0.2, 0.25) is 5.89 Å². The number of nitrogens with zero attached hydrogens (tertiary/aromatic N) is 1. The minimum absolute atomic E-state index is 0.272. The summed E-state index contributed by atoms with van der Waals surface area (Å²) < 4.78 is 17.7. The Labute approximate surface area is 211 Å². The molecule has 0 aliphatic rings. The van der Waals surface area contributed by atoms with Crippen molar-refractivity contribution >= 4 is 16.7 Å². The molecular formula is C30H31NO5. The highest BCUT2D eigenvalue weighted by atomic mass is 16.5. The Morgan fingerprint density at radius 1 is 1.11 bits per heavy atom. The van der Waals surface area contributed by atoms with Crippen molar-refractivity contribution in [2.45, 2.75) is 39.2 Å². The van der Waals surface area contributed by atoms with Crippen LogP contribution in [0.15, 0.2) is 77.7 Å². The Bertz CT molecular complexity index is 1340. The highest BCUT2D eigenvalue weighted by molar-refractivity contribution is 5.93. The number of benzene rings is 3. The molecule has 4 aromatic rings. The normalized spacial score (nSPS) is 11.9. The average molecular weight is 486 g/mol. The van der Waals surface area contributed by atoms with Gasteiger partial charge in [-0.2, -0.15) is 0 Å². The van der Waals surface area contributed by atoms with Crippen LogP contribution in [0.4, 0.5) is 0 Å². The van der Waals surface area contributed by atoms with Crippen molar-refractivity contribution in [3.8, 4) is 17.2 Å². The monoisotopic (exact) mass is 485 g/mol. The van der Waals surface area contributed by atoms with Gasteiger partial charge in [0.25, 0.3) is 0 Å². The van der Waals surface area contributed by atoms with Crippen LogP contribution in [0.2, 0.25) is 0 Å². The number of aryl methyl sites for hydroxylation is 1. The van der Waals surface area contributed by atoms with E-state index in [9.17, 15) is 9.90 Å². The molecule has 6 nitrogen and oxygen atoms in total. The summed E-state index contributed by atoms with van der Waals surface area (Å²) in [5, 5.41) is 11.5. The number of rotatable bonds is 12. The highest BCUT2D eigenvalue weighted by Gasteiger charge is 2.21. The number of hydrogen-bond donors (Lipinski definition) is 1. The van der Waals surface area contributed by atoms with Crippen LogP contribution in [0.3, 0.4) is 0 Å². The second-order valence-corrected chi connectivity index (χ2v) is 8.54. The summed E-state index contributed by atoms with van der Waals surface area (Å²) >= 11 is 0. The Morgan fingerprint density at radius 2 is 1.83 bits per heavy atom. The van der Waals surface area contributed by atoms with Crippen LogP contribution in [-0.4, -0.2) is 35.4 Å². The Hall–Kier alpha value is -3.90. The van der Waals surface area contributed by atoms with Crippen molar-refractivity contribution in [2.24, 2.45) is 0 Å². The van der Waals surface area contributed by atoms with Crippen molar-refractivity contribution in [3.05, 3.63) is 95.9 Å². The van der Waals surface area contributed by atoms with E-state index in [0.717, 1.165) is 44.7 Å². The molecule has 1 aromatic heterocycles. The molecule has 1 unspecified atom stereocenters. The fourth-order valence-electron chi connectivity index (χ4n) is 4.37. The Morgan fingerprint density at radius 3 is 2.53 bits per heavy atom. The fraction of sp³-hybridized carbons (Fsp3) is 0.267. The van der Waals surface area contributed by atoms with E-state index in [1.165, 1.54) is 0 Å². The first kappa shape index (κ1) is 25.2. The molecule has 0 aliphatic carbocycles. The summed E-state index contributed by atoms with van der Waals surface area (Å²) in [4.78, 5) is 16.4. The van der Waals surface area contributed by atoms with Gasteiger partial charge in [0.15, 0.2) is 6.10 Å². The number of aliphatic carboxylic acids is 1. The molecular weight excluding hydrogens is 454 g/mol. The van der Waals surface area contributed by atoms with Gasteiger partial charge in [-0.05, 0) is 48.9 Å². The van der Waals surface area contributed by atoms with Crippen LogP contribution in [0.5, 0.6) is 5.75 Å². The predicted molar refractivity (Wildman–Crippen MR) is 140 cm³/mol. The summed E-state index contributed by atoms with van der Waals surface area (Å²) in [6.07, 6.45) is 2.38. The number of oxazole rings is 1. The zero-order chi connectivity index (χ0) is 25.5. The topological polar surface area (TPSA) is 81.8 Å². The zero-order valence-corrected chi connectivity index (χ0v) is 20.7. The molecule has 1 heterocycles. The first-order valence-corrected chi connectivity index (χ1v) is 12.1. The Kier molecular flexibility index (Phi) is 8.18. The second kappa shape index (κ2) is 11.7. The lowest BCUT2D eigenvalue weighted by molar-refractivity contribution is -0.149. The van der Waals surface area contributed by atoms with Crippen LogP contribution in [0, 0.1) is 6.92 Å². The van der Waals surface area contributed by atoms with Gasteiger partial charge >= 0.3 is 5.97 Å². The number of aromatic nitrogens is 1. The van der Waals surface area contributed by atoms with Crippen LogP contribution in [0.1, 0.15) is 29.5 Å². The third-order valence-electron chi connectivity index (χ3n) is 6.07. The third kappa shape index (κ3) is 5.66. The van der Waals surface area contributed by atoms with Gasteiger partial charge in [-0.15, -0.1) is 6.58 Å². The highest BCUT2D eigenvalue weighted by Crippen LogP contribution is 2.34. The summed E-state index contributed by atoms with van der Waals surface area (Å²) in [5.41, 5.74) is 3.67. The summed E-state index contributed by atoms with van der Waals surface area (Å²) in [6.45, 7) is 8.37. The summed E-state index contributed by atoms with van der Waals surface area (Å²) in [7, 11) is 0. The van der Waals surface area contributed by atoms with Crippen molar-refractivity contribution in [2.75, 3.05) is 13.2 Å². The van der Waals surface area contributed by atoms with Crippen molar-refractivity contribution in [1.29, 1.82) is 0 Å². The van der Waals surface area contributed by atoms with Crippen molar-refractivity contribution in [3.63, 3.8) is 0 Å². The number of carboxylic acid groups (broad SMARTS) is 1. The molecule has 0 saturated heterocycles. The fourth-order valence-corrected chi connectivity index (χ4v) is 4.37. The number of allylic oxidation sites excluding steroid dienone is 1. The van der Waals surface area contributed by atoms with E-state index >= 15 is 0 Å². The van der Waals surface area contributed by atoms with E-state index in [-0.39, 0.29) is 6.42 Å². The first-order valence-electron chi connectivity index (χ1n) is 12.1.